The van der Waals surface area contributed by atoms with Crippen LogP contribution in [0.2, 0.25) is 0 Å². The molecule has 1 atom stereocenters. The lowest BCUT2D eigenvalue weighted by atomic mass is 9.83. The number of rotatable bonds is 5. The van der Waals surface area contributed by atoms with Gasteiger partial charge >= 0.3 is 5.97 Å². The van der Waals surface area contributed by atoms with E-state index in [1.54, 1.807) is 0 Å². The molecule has 0 saturated carbocycles. The Bertz CT molecular complexity index is 185. The van der Waals surface area contributed by atoms with E-state index < -0.39 is 5.97 Å². The Morgan fingerprint density at radius 3 is 2.44 bits per heavy atom. The van der Waals surface area contributed by atoms with Gasteiger partial charge in [0.25, 0.3) is 0 Å². The zero-order valence-corrected chi connectivity index (χ0v) is 11.4. The van der Waals surface area contributed by atoms with E-state index in [0.29, 0.717) is 12.3 Å². The molecule has 2 N–H and O–H groups in total. The van der Waals surface area contributed by atoms with Gasteiger partial charge in [-0.05, 0) is 50.6 Å². The van der Waals surface area contributed by atoms with Gasteiger partial charge in [-0.3, -0.25) is 4.79 Å². The number of carboxylic acid groups (broad SMARTS) is 1. The summed E-state index contributed by atoms with van der Waals surface area (Å²) in [5.41, 5.74) is 0. The van der Waals surface area contributed by atoms with Crippen molar-refractivity contribution < 1.29 is 9.90 Å². The highest BCUT2D eigenvalue weighted by Gasteiger charge is 2.19. The Morgan fingerprint density at radius 2 is 1.94 bits per heavy atom. The molecule has 0 bridgehead atoms. The van der Waals surface area contributed by atoms with Gasteiger partial charge in [-0.25, -0.2) is 0 Å². The van der Waals surface area contributed by atoms with Gasteiger partial charge in [-0.1, -0.05) is 6.92 Å². The number of carbonyl (C=O) groups is 1. The van der Waals surface area contributed by atoms with Gasteiger partial charge in [0.2, 0.25) is 0 Å². The smallest absolute Gasteiger partial charge is 0.303 e. The van der Waals surface area contributed by atoms with Crippen molar-refractivity contribution in [2.75, 3.05) is 13.1 Å². The zero-order valence-electron chi connectivity index (χ0n) is 9.78. The van der Waals surface area contributed by atoms with Gasteiger partial charge in [-0.15, -0.1) is 24.8 Å². The fraction of sp³-hybridized carbons (Fsp3) is 0.909. The Hall–Kier alpha value is 0.01000. The van der Waals surface area contributed by atoms with Crippen LogP contribution in [0, 0.1) is 11.8 Å². The first-order chi connectivity index (χ1) is 6.70. The summed E-state index contributed by atoms with van der Waals surface area (Å²) in [6, 6.07) is 0. The van der Waals surface area contributed by atoms with E-state index >= 15 is 0 Å². The Morgan fingerprint density at radius 1 is 1.38 bits per heavy atom. The van der Waals surface area contributed by atoms with E-state index in [1.807, 2.05) is 0 Å². The van der Waals surface area contributed by atoms with E-state index in [-0.39, 0.29) is 24.8 Å². The maximum Gasteiger partial charge on any atom is 0.303 e. The lowest BCUT2D eigenvalue weighted by molar-refractivity contribution is -0.137. The molecule has 1 unspecified atom stereocenters. The summed E-state index contributed by atoms with van der Waals surface area (Å²) in [5, 5.41) is 11.9. The largest absolute Gasteiger partial charge is 0.481 e. The van der Waals surface area contributed by atoms with Crippen molar-refractivity contribution in [2.24, 2.45) is 11.8 Å². The topological polar surface area (TPSA) is 49.3 Å². The molecule has 5 heteroatoms. The fourth-order valence-corrected chi connectivity index (χ4v) is 2.22. The van der Waals surface area contributed by atoms with Gasteiger partial charge in [0.15, 0.2) is 0 Å². The maximum atomic E-state index is 10.3. The normalized spacial score (nSPS) is 18.1. The third kappa shape index (κ3) is 7.31. The number of carboxylic acids is 1. The molecular weight excluding hydrogens is 249 g/mol. The van der Waals surface area contributed by atoms with Gasteiger partial charge in [0.1, 0.15) is 0 Å². The summed E-state index contributed by atoms with van der Waals surface area (Å²) >= 11 is 0. The fourth-order valence-electron chi connectivity index (χ4n) is 2.22. The number of nitrogens with one attached hydrogen (secondary N) is 1. The molecule has 0 aliphatic carbocycles. The van der Waals surface area contributed by atoms with Crippen molar-refractivity contribution >= 4 is 30.8 Å². The average molecular weight is 272 g/mol. The van der Waals surface area contributed by atoms with Crippen LogP contribution in [-0.2, 0) is 4.79 Å². The van der Waals surface area contributed by atoms with Crippen molar-refractivity contribution in [1.82, 2.24) is 5.32 Å². The molecule has 1 heterocycles. The Kier molecular flexibility index (Phi) is 11.7. The van der Waals surface area contributed by atoms with E-state index in [4.69, 9.17) is 5.11 Å². The molecule has 1 fully saturated rings. The highest BCUT2D eigenvalue weighted by atomic mass is 35.5. The molecule has 1 aliphatic rings. The van der Waals surface area contributed by atoms with Gasteiger partial charge in [-0.2, -0.15) is 0 Å². The third-order valence-corrected chi connectivity index (χ3v) is 3.24. The summed E-state index contributed by atoms with van der Waals surface area (Å²) in [5.74, 6) is 0.837. The van der Waals surface area contributed by atoms with Crippen LogP contribution >= 0.6 is 24.8 Å². The molecule has 0 aromatic carbocycles. The van der Waals surface area contributed by atoms with Crippen LogP contribution in [0.3, 0.4) is 0 Å². The van der Waals surface area contributed by atoms with Crippen LogP contribution in [0.5, 0.6) is 0 Å². The minimum absolute atomic E-state index is 0. The number of hydrogen-bond donors (Lipinski definition) is 2. The summed E-state index contributed by atoms with van der Waals surface area (Å²) in [4.78, 5) is 10.3. The molecule has 1 aliphatic heterocycles. The van der Waals surface area contributed by atoms with Gasteiger partial charge in [0.05, 0.1) is 0 Å². The molecule has 0 aromatic heterocycles. The monoisotopic (exact) mass is 271 g/mol. The van der Waals surface area contributed by atoms with Crippen LogP contribution in [-0.4, -0.2) is 24.2 Å². The molecule has 1 rings (SSSR count). The highest BCUT2D eigenvalue weighted by molar-refractivity contribution is 5.85. The van der Waals surface area contributed by atoms with Crippen molar-refractivity contribution in [3.05, 3.63) is 0 Å². The van der Waals surface area contributed by atoms with E-state index in [0.717, 1.165) is 31.8 Å². The summed E-state index contributed by atoms with van der Waals surface area (Å²) in [6.07, 6.45) is 4.75. The molecule has 1 saturated heterocycles. The first kappa shape index (κ1) is 18.4. The SMILES string of the molecule is CC(CCCC(=O)O)C1CCNCC1.Cl.Cl. The first-order valence-corrected chi connectivity index (χ1v) is 5.62. The van der Waals surface area contributed by atoms with Crippen molar-refractivity contribution in [1.29, 1.82) is 0 Å². The molecule has 98 valence electrons. The minimum atomic E-state index is -0.664. The number of aliphatic carboxylic acids is 1. The molecular formula is C11H23Cl2NO2. The molecule has 0 aromatic rings. The zero-order chi connectivity index (χ0) is 10.4. The van der Waals surface area contributed by atoms with E-state index in [9.17, 15) is 4.79 Å². The maximum absolute atomic E-state index is 10.3. The van der Waals surface area contributed by atoms with E-state index in [2.05, 4.69) is 12.2 Å². The number of hydrogen-bond acceptors (Lipinski definition) is 2. The molecule has 3 nitrogen and oxygen atoms in total. The van der Waals surface area contributed by atoms with Gasteiger partial charge < -0.3 is 10.4 Å². The summed E-state index contributed by atoms with van der Waals surface area (Å²) in [6.45, 7) is 4.53. The van der Waals surface area contributed by atoms with Gasteiger partial charge in [0, 0.05) is 6.42 Å². The second-order valence-electron chi connectivity index (χ2n) is 4.35. The molecule has 0 spiro atoms. The van der Waals surface area contributed by atoms with Crippen molar-refractivity contribution in [3.63, 3.8) is 0 Å². The number of halogens is 2. The first-order valence-electron chi connectivity index (χ1n) is 5.62. The predicted octanol–water partition coefficient (Wildman–Crippen LogP) is 2.72. The lowest BCUT2D eigenvalue weighted by Gasteiger charge is -2.28. The third-order valence-electron chi connectivity index (χ3n) is 3.24. The predicted molar refractivity (Wildman–Crippen MR) is 70.7 cm³/mol. The summed E-state index contributed by atoms with van der Waals surface area (Å²) in [7, 11) is 0. The average Bonchev–Trinajstić information content (AvgIpc) is 2.18. The van der Waals surface area contributed by atoms with Crippen LogP contribution in [0.4, 0.5) is 0 Å². The lowest BCUT2D eigenvalue weighted by Crippen LogP contribution is -2.30. The van der Waals surface area contributed by atoms with Crippen LogP contribution in [0.15, 0.2) is 0 Å². The standard InChI is InChI=1S/C11H21NO2.2ClH/c1-9(3-2-4-11(13)14)10-5-7-12-8-6-10;;/h9-10,12H,2-8H2,1H3,(H,13,14);2*1H. The minimum Gasteiger partial charge on any atom is -0.481 e. The Balaban J connectivity index is 0. The second-order valence-corrected chi connectivity index (χ2v) is 4.35. The van der Waals surface area contributed by atoms with Crippen LogP contribution in [0.1, 0.15) is 39.0 Å². The van der Waals surface area contributed by atoms with Crippen molar-refractivity contribution in [3.8, 4) is 0 Å². The van der Waals surface area contributed by atoms with Crippen LogP contribution < -0.4 is 5.32 Å². The second kappa shape index (κ2) is 10.2. The van der Waals surface area contributed by atoms with Crippen LogP contribution in [0.25, 0.3) is 0 Å². The Labute approximate surface area is 110 Å². The highest BCUT2D eigenvalue weighted by Crippen LogP contribution is 2.25. The molecule has 0 radical (unpaired) electrons. The van der Waals surface area contributed by atoms with E-state index in [1.165, 1.54) is 12.8 Å². The summed E-state index contributed by atoms with van der Waals surface area (Å²) < 4.78 is 0. The number of piperidine rings is 1. The molecule has 16 heavy (non-hydrogen) atoms. The quantitative estimate of drug-likeness (QED) is 0.809. The van der Waals surface area contributed by atoms with Crippen molar-refractivity contribution in [2.45, 2.75) is 39.0 Å². The molecule has 0 amide bonds.